The van der Waals surface area contributed by atoms with Crippen molar-refractivity contribution in [2.45, 2.75) is 33.4 Å². The fourth-order valence-electron chi connectivity index (χ4n) is 5.72. The van der Waals surface area contributed by atoms with Gasteiger partial charge in [-0.05, 0) is 67.6 Å². The lowest BCUT2D eigenvalue weighted by Crippen LogP contribution is -2.40. The lowest BCUT2D eigenvalue weighted by Gasteiger charge is -2.26. The van der Waals surface area contributed by atoms with Gasteiger partial charge in [0, 0.05) is 16.0 Å². The standard InChI is InChI=1S/C37H33ClN2O6S/c1-5-44-31-19-23(15-17-30(31)46-21-24-11-7-10-14-28(24)38)20-32-35(41)40-34(33(36(42)45-6-2)22(3)39-37(40)47-32)27-16-18-29(43-4)26-13-9-8-12-25(26)27/h7-20,34H,5-6,21H2,1-4H3/b32-20+/t34-/m1/s1. The first-order valence-corrected chi connectivity index (χ1v) is 16.4. The third-order valence-electron chi connectivity index (χ3n) is 7.86. The summed E-state index contributed by atoms with van der Waals surface area (Å²) in [7, 11) is 1.62. The van der Waals surface area contributed by atoms with Gasteiger partial charge < -0.3 is 18.9 Å². The molecule has 0 saturated carbocycles. The van der Waals surface area contributed by atoms with E-state index >= 15 is 0 Å². The normalized spacial score (nSPS) is 14.5. The highest BCUT2D eigenvalue weighted by Crippen LogP contribution is 2.38. The summed E-state index contributed by atoms with van der Waals surface area (Å²) in [6.07, 6.45) is 1.80. The molecular weight excluding hydrogens is 636 g/mol. The Hall–Kier alpha value is -4.86. The number of nitrogens with zero attached hydrogens (tertiary/aromatic N) is 2. The fourth-order valence-corrected chi connectivity index (χ4v) is 6.96. The number of carbonyl (C=O) groups is 1. The molecule has 47 heavy (non-hydrogen) atoms. The number of esters is 1. The van der Waals surface area contributed by atoms with E-state index in [0.717, 1.165) is 27.5 Å². The van der Waals surface area contributed by atoms with E-state index in [0.29, 0.717) is 49.5 Å². The average molecular weight is 669 g/mol. The second kappa shape index (κ2) is 13.9. The van der Waals surface area contributed by atoms with Crippen molar-refractivity contribution in [3.05, 3.63) is 132 Å². The average Bonchev–Trinajstić information content (AvgIpc) is 3.37. The Morgan fingerprint density at radius 2 is 1.68 bits per heavy atom. The molecule has 1 aliphatic rings. The van der Waals surface area contributed by atoms with Gasteiger partial charge in [-0.3, -0.25) is 9.36 Å². The van der Waals surface area contributed by atoms with Crippen LogP contribution in [0.1, 0.15) is 43.5 Å². The number of halogens is 1. The smallest absolute Gasteiger partial charge is 0.338 e. The highest BCUT2D eigenvalue weighted by atomic mass is 35.5. The van der Waals surface area contributed by atoms with Gasteiger partial charge in [-0.1, -0.05) is 77.5 Å². The fraction of sp³-hybridized carbons (Fsp3) is 0.216. The third-order valence-corrected chi connectivity index (χ3v) is 9.21. The van der Waals surface area contributed by atoms with E-state index in [1.807, 2.05) is 85.8 Å². The Morgan fingerprint density at radius 3 is 2.43 bits per heavy atom. The van der Waals surface area contributed by atoms with Crippen molar-refractivity contribution in [2.75, 3.05) is 20.3 Å². The zero-order valence-electron chi connectivity index (χ0n) is 26.4. The number of ether oxygens (including phenoxy) is 4. The number of benzene rings is 4. The molecule has 0 N–H and O–H groups in total. The van der Waals surface area contributed by atoms with Gasteiger partial charge in [-0.15, -0.1) is 0 Å². The van der Waals surface area contributed by atoms with Crippen LogP contribution in [0.15, 0.2) is 99.9 Å². The molecule has 0 saturated heterocycles. The van der Waals surface area contributed by atoms with Crippen LogP contribution in [-0.4, -0.2) is 30.9 Å². The van der Waals surface area contributed by atoms with Gasteiger partial charge in [0.1, 0.15) is 12.4 Å². The Bertz CT molecular complexity index is 2200. The summed E-state index contributed by atoms with van der Waals surface area (Å²) < 4.78 is 25.1. The molecule has 1 aliphatic heterocycles. The van der Waals surface area contributed by atoms with E-state index in [2.05, 4.69) is 0 Å². The molecule has 4 aromatic carbocycles. The van der Waals surface area contributed by atoms with Crippen LogP contribution in [0.2, 0.25) is 5.02 Å². The Morgan fingerprint density at radius 1 is 0.936 bits per heavy atom. The molecule has 1 atom stereocenters. The van der Waals surface area contributed by atoms with Crippen molar-refractivity contribution < 1.29 is 23.7 Å². The molecule has 10 heteroatoms. The molecule has 0 spiro atoms. The second-order valence-electron chi connectivity index (χ2n) is 10.7. The zero-order chi connectivity index (χ0) is 33.1. The molecule has 0 bridgehead atoms. The first kappa shape index (κ1) is 32.1. The predicted octanol–water partition coefficient (Wildman–Crippen LogP) is 6.59. The van der Waals surface area contributed by atoms with Gasteiger partial charge in [0.05, 0.1) is 42.2 Å². The quantitative estimate of drug-likeness (QED) is 0.156. The van der Waals surface area contributed by atoms with Gasteiger partial charge in [0.2, 0.25) is 0 Å². The maximum absolute atomic E-state index is 14.3. The van der Waals surface area contributed by atoms with Crippen molar-refractivity contribution in [1.82, 2.24) is 4.57 Å². The second-order valence-corrected chi connectivity index (χ2v) is 12.1. The molecule has 6 rings (SSSR count). The van der Waals surface area contributed by atoms with Crippen molar-refractivity contribution in [3.8, 4) is 17.2 Å². The maximum atomic E-state index is 14.3. The minimum absolute atomic E-state index is 0.191. The van der Waals surface area contributed by atoms with Crippen molar-refractivity contribution in [1.29, 1.82) is 0 Å². The summed E-state index contributed by atoms with van der Waals surface area (Å²) in [6.45, 7) is 6.33. The maximum Gasteiger partial charge on any atom is 0.338 e. The largest absolute Gasteiger partial charge is 0.496 e. The lowest BCUT2D eigenvalue weighted by atomic mass is 9.91. The molecule has 0 unspecified atom stereocenters. The van der Waals surface area contributed by atoms with Crippen LogP contribution in [0.4, 0.5) is 0 Å². The zero-order valence-corrected chi connectivity index (χ0v) is 28.0. The molecule has 0 fully saturated rings. The summed E-state index contributed by atoms with van der Waals surface area (Å²) in [5, 5.41) is 2.35. The number of rotatable bonds is 10. The number of methoxy groups -OCH3 is 1. The Labute approximate surface area is 280 Å². The predicted molar refractivity (Wildman–Crippen MR) is 184 cm³/mol. The summed E-state index contributed by atoms with van der Waals surface area (Å²) in [5.41, 5.74) is 2.92. The number of fused-ring (bicyclic) bond motifs is 2. The molecular formula is C37H33ClN2O6S. The SMILES string of the molecule is CCOC(=O)C1=C(C)N=c2s/c(=C/c3ccc(OCc4ccccc4Cl)c(OCC)c3)c(=O)n2[C@@H]1c1ccc(OC)c2ccccc12. The van der Waals surface area contributed by atoms with Gasteiger partial charge in [-0.25, -0.2) is 9.79 Å². The minimum Gasteiger partial charge on any atom is -0.496 e. The van der Waals surface area contributed by atoms with E-state index in [4.69, 9.17) is 35.5 Å². The van der Waals surface area contributed by atoms with Crippen LogP contribution in [0.3, 0.4) is 0 Å². The van der Waals surface area contributed by atoms with Crippen LogP contribution < -0.4 is 29.1 Å². The highest BCUT2D eigenvalue weighted by Gasteiger charge is 2.34. The topological polar surface area (TPSA) is 88.4 Å². The third kappa shape index (κ3) is 6.28. The molecule has 5 aromatic rings. The number of carbonyl (C=O) groups excluding carboxylic acids is 1. The monoisotopic (exact) mass is 668 g/mol. The first-order valence-electron chi connectivity index (χ1n) is 15.2. The minimum atomic E-state index is -0.761. The van der Waals surface area contributed by atoms with Gasteiger partial charge in [0.25, 0.3) is 5.56 Å². The summed E-state index contributed by atoms with van der Waals surface area (Å²) >= 11 is 7.58. The number of aromatic nitrogens is 1. The Balaban J connectivity index is 1.46. The molecule has 1 aromatic heterocycles. The van der Waals surface area contributed by atoms with Crippen LogP contribution >= 0.6 is 22.9 Å². The molecule has 240 valence electrons. The summed E-state index contributed by atoms with van der Waals surface area (Å²) in [5.74, 6) is 1.29. The van der Waals surface area contributed by atoms with Crippen molar-refractivity contribution >= 4 is 45.8 Å². The molecule has 0 aliphatic carbocycles. The van der Waals surface area contributed by atoms with Crippen LogP contribution in [-0.2, 0) is 16.1 Å². The number of allylic oxidation sites excluding steroid dienone is 1. The molecule has 0 radical (unpaired) electrons. The highest BCUT2D eigenvalue weighted by molar-refractivity contribution is 7.07. The number of hydrogen-bond donors (Lipinski definition) is 0. The lowest BCUT2D eigenvalue weighted by molar-refractivity contribution is -0.139. The van der Waals surface area contributed by atoms with E-state index in [1.54, 1.807) is 31.6 Å². The van der Waals surface area contributed by atoms with Crippen LogP contribution in [0.25, 0.3) is 16.8 Å². The van der Waals surface area contributed by atoms with Gasteiger partial charge in [-0.2, -0.15) is 0 Å². The van der Waals surface area contributed by atoms with E-state index in [1.165, 1.54) is 11.3 Å². The van der Waals surface area contributed by atoms with E-state index in [-0.39, 0.29) is 18.8 Å². The molecule has 2 heterocycles. The summed E-state index contributed by atoms with van der Waals surface area (Å²) in [4.78, 5) is 32.9. The van der Waals surface area contributed by atoms with E-state index < -0.39 is 12.0 Å². The molecule has 8 nitrogen and oxygen atoms in total. The van der Waals surface area contributed by atoms with Crippen LogP contribution in [0.5, 0.6) is 17.2 Å². The van der Waals surface area contributed by atoms with Crippen molar-refractivity contribution in [3.63, 3.8) is 0 Å². The number of thiazole rings is 1. The van der Waals surface area contributed by atoms with E-state index in [9.17, 15) is 9.59 Å². The van der Waals surface area contributed by atoms with Crippen LogP contribution in [0, 0.1) is 0 Å². The van der Waals surface area contributed by atoms with Gasteiger partial charge >= 0.3 is 5.97 Å². The van der Waals surface area contributed by atoms with Crippen molar-refractivity contribution in [2.24, 2.45) is 4.99 Å². The number of hydrogen-bond acceptors (Lipinski definition) is 8. The first-order chi connectivity index (χ1) is 22.8. The molecule has 0 amide bonds. The summed E-state index contributed by atoms with van der Waals surface area (Å²) in [6, 6.07) is 23.8. The van der Waals surface area contributed by atoms with Gasteiger partial charge in [0.15, 0.2) is 16.3 Å². The Kier molecular flexibility index (Phi) is 9.47.